The van der Waals surface area contributed by atoms with Crippen molar-refractivity contribution in [2.45, 2.75) is 51.0 Å². The molecule has 5 aromatic rings. The molecule has 0 bridgehead atoms. The Hall–Kier alpha value is -5.21. The molecule has 2 aliphatic heterocycles. The van der Waals surface area contributed by atoms with Gasteiger partial charge in [0.05, 0.1) is 23.4 Å². The first kappa shape index (κ1) is 35.2. The Morgan fingerprint density at radius 3 is 2.35 bits per heavy atom. The summed E-state index contributed by atoms with van der Waals surface area (Å²) in [6.45, 7) is 3.79. The number of carbonyl (C=O) groups excluding carboxylic acids is 1. The highest BCUT2D eigenvalue weighted by molar-refractivity contribution is 6.36. The normalized spacial score (nSPS) is 15.7. The maximum Gasteiger partial charge on any atom is 0.332 e. The van der Waals surface area contributed by atoms with E-state index >= 15 is 0 Å². The van der Waals surface area contributed by atoms with Gasteiger partial charge in [0.25, 0.3) is 12.0 Å². The molecule has 1 spiro atoms. The molecule has 3 aliphatic rings. The van der Waals surface area contributed by atoms with Crippen LogP contribution in [0.3, 0.4) is 0 Å². The van der Waals surface area contributed by atoms with Crippen molar-refractivity contribution in [2.24, 2.45) is 14.1 Å². The first-order chi connectivity index (χ1) is 24.9. The number of amides is 1. The van der Waals surface area contributed by atoms with Gasteiger partial charge in [-0.3, -0.25) is 18.7 Å². The number of hydrogen-bond donors (Lipinski definition) is 3. The minimum atomic E-state index is -3.02. The highest BCUT2D eigenvalue weighted by Crippen LogP contribution is 2.41. The van der Waals surface area contributed by atoms with Crippen molar-refractivity contribution >= 4 is 40.0 Å². The fourth-order valence-electron chi connectivity index (χ4n) is 7.11. The van der Waals surface area contributed by atoms with Crippen molar-refractivity contribution in [3.63, 3.8) is 0 Å². The first-order valence-electron chi connectivity index (χ1n) is 16.9. The zero-order valence-corrected chi connectivity index (χ0v) is 29.8. The van der Waals surface area contributed by atoms with Crippen LogP contribution in [-0.2, 0) is 31.7 Å². The van der Waals surface area contributed by atoms with Crippen molar-refractivity contribution in [3.8, 4) is 28.3 Å². The minimum absolute atomic E-state index is 0.0875. The molecule has 1 amide bonds. The maximum atomic E-state index is 13.8. The van der Waals surface area contributed by atoms with Crippen LogP contribution in [-0.4, -0.2) is 55.7 Å². The molecule has 0 unspecified atom stereocenters. The highest BCUT2D eigenvalue weighted by Gasteiger charge is 2.42. The number of pyridine rings is 1. The van der Waals surface area contributed by atoms with Gasteiger partial charge in [0.1, 0.15) is 11.2 Å². The standard InChI is InChI=1S/C31H27ClF2N6O3.C6H10N2O/c1-15-17(19-11-6-12-20(24(19)32)22-14-16-8-5-10-18(16)29(36-22)43-4)9-7-13-21(15)35-26-23-28(38-27(37-26)25(33)34)39(2)31(42)40(3)30(23)41;9-5-1-2-6(8-5)3-7-4-6/h6-7,9,11-14,25H,5,8,10H2,1-4H3,(H,35,37,38);7H,1-4H2,(H,8,9). The molecule has 0 saturated carbocycles. The van der Waals surface area contributed by atoms with Gasteiger partial charge in [-0.25, -0.2) is 28.5 Å². The summed E-state index contributed by atoms with van der Waals surface area (Å²) in [6, 6.07) is 13.2. The minimum Gasteiger partial charge on any atom is -0.481 e. The summed E-state index contributed by atoms with van der Waals surface area (Å²) in [5.41, 5.74) is 5.14. The van der Waals surface area contributed by atoms with Gasteiger partial charge < -0.3 is 20.7 Å². The van der Waals surface area contributed by atoms with Crippen molar-refractivity contribution < 1.29 is 18.3 Å². The van der Waals surface area contributed by atoms with E-state index in [-0.39, 0.29) is 28.3 Å². The van der Waals surface area contributed by atoms with Crippen molar-refractivity contribution in [1.29, 1.82) is 0 Å². The Morgan fingerprint density at radius 2 is 1.69 bits per heavy atom. The van der Waals surface area contributed by atoms with E-state index in [1.807, 2.05) is 31.2 Å². The summed E-state index contributed by atoms with van der Waals surface area (Å²) in [6.07, 6.45) is 1.66. The molecule has 270 valence electrons. The van der Waals surface area contributed by atoms with Crippen molar-refractivity contribution in [2.75, 3.05) is 25.5 Å². The second-order valence-electron chi connectivity index (χ2n) is 13.3. The number of carbonyl (C=O) groups is 1. The summed E-state index contributed by atoms with van der Waals surface area (Å²) in [7, 11) is 4.29. The molecular weight excluding hydrogens is 694 g/mol. The second kappa shape index (κ2) is 13.7. The predicted molar refractivity (Wildman–Crippen MR) is 195 cm³/mol. The Balaban J connectivity index is 0.000000404. The molecule has 2 aromatic carbocycles. The number of fused-ring (bicyclic) bond motifs is 2. The molecule has 3 N–H and O–H groups in total. The molecular formula is C37H37ClF2N8O4. The molecule has 15 heteroatoms. The van der Waals surface area contributed by atoms with Gasteiger partial charge in [-0.2, -0.15) is 0 Å². The lowest BCUT2D eigenvalue weighted by Crippen LogP contribution is -2.65. The van der Waals surface area contributed by atoms with Crippen LogP contribution < -0.4 is 31.9 Å². The molecule has 52 heavy (non-hydrogen) atoms. The Labute approximate surface area is 302 Å². The number of hydrogen-bond acceptors (Lipinski definition) is 9. The number of methoxy groups -OCH3 is 1. The van der Waals surface area contributed by atoms with E-state index in [9.17, 15) is 23.2 Å². The van der Waals surface area contributed by atoms with E-state index in [1.165, 1.54) is 19.7 Å². The Kier molecular flexibility index (Phi) is 9.30. The first-order valence-corrected chi connectivity index (χ1v) is 17.3. The maximum absolute atomic E-state index is 13.8. The third-order valence-electron chi connectivity index (χ3n) is 10.1. The van der Waals surface area contributed by atoms with Gasteiger partial charge in [-0.15, -0.1) is 0 Å². The van der Waals surface area contributed by atoms with E-state index in [4.69, 9.17) is 21.3 Å². The number of halogens is 3. The summed E-state index contributed by atoms with van der Waals surface area (Å²) in [5, 5.41) is 9.58. The number of aromatic nitrogens is 5. The molecule has 0 radical (unpaired) electrons. The summed E-state index contributed by atoms with van der Waals surface area (Å²) in [4.78, 5) is 48.9. The third-order valence-corrected chi connectivity index (χ3v) is 10.5. The zero-order valence-electron chi connectivity index (χ0n) is 29.1. The average molecular weight is 731 g/mol. The largest absolute Gasteiger partial charge is 0.481 e. The fourth-order valence-corrected chi connectivity index (χ4v) is 7.43. The number of aryl methyl sites for hydroxylation is 2. The van der Waals surface area contributed by atoms with Gasteiger partial charge in [0.15, 0.2) is 11.5 Å². The summed E-state index contributed by atoms with van der Waals surface area (Å²) in [5.74, 6) is -0.111. The molecule has 3 aromatic heterocycles. The van der Waals surface area contributed by atoms with E-state index in [1.54, 1.807) is 19.2 Å². The smallest absolute Gasteiger partial charge is 0.332 e. The quantitative estimate of drug-likeness (QED) is 0.217. The lowest BCUT2D eigenvalue weighted by Gasteiger charge is -2.38. The molecule has 8 rings (SSSR count). The number of anilines is 2. The van der Waals surface area contributed by atoms with Crippen molar-refractivity contribution in [3.05, 3.63) is 90.8 Å². The molecule has 1 aliphatic carbocycles. The molecule has 2 fully saturated rings. The van der Waals surface area contributed by atoms with Gasteiger partial charge in [0, 0.05) is 56.0 Å². The molecule has 0 atom stereocenters. The predicted octanol–water partition coefficient (Wildman–Crippen LogP) is 5.13. The van der Waals surface area contributed by atoms with E-state index in [2.05, 4.69) is 32.0 Å². The van der Waals surface area contributed by atoms with E-state index < -0.39 is 23.5 Å². The van der Waals surface area contributed by atoms with Crippen LogP contribution in [0.15, 0.2) is 52.1 Å². The fraction of sp³-hybridized carbons (Fsp3) is 0.351. The van der Waals surface area contributed by atoms with Crippen LogP contribution in [0.25, 0.3) is 33.4 Å². The van der Waals surface area contributed by atoms with Crippen LogP contribution in [0.5, 0.6) is 5.88 Å². The van der Waals surface area contributed by atoms with Crippen LogP contribution in [0.2, 0.25) is 5.02 Å². The van der Waals surface area contributed by atoms with Crippen molar-refractivity contribution in [1.82, 2.24) is 34.7 Å². The highest BCUT2D eigenvalue weighted by atomic mass is 35.5. The van der Waals surface area contributed by atoms with Gasteiger partial charge in [-0.05, 0) is 61.4 Å². The number of nitrogens with one attached hydrogen (secondary N) is 3. The summed E-state index contributed by atoms with van der Waals surface area (Å²) < 4.78 is 35.1. The van der Waals surface area contributed by atoms with Crippen LogP contribution in [0.1, 0.15) is 48.2 Å². The number of nitrogens with zero attached hydrogens (tertiary/aromatic N) is 5. The van der Waals surface area contributed by atoms with Crippen LogP contribution in [0, 0.1) is 6.92 Å². The van der Waals surface area contributed by atoms with E-state index in [0.717, 1.165) is 82.1 Å². The molecule has 2 saturated heterocycles. The van der Waals surface area contributed by atoms with Crippen LogP contribution >= 0.6 is 11.6 Å². The second-order valence-corrected chi connectivity index (χ2v) is 13.7. The Bertz CT molecular complexity index is 2370. The Morgan fingerprint density at radius 1 is 0.962 bits per heavy atom. The zero-order chi connectivity index (χ0) is 36.9. The number of ether oxygens (including phenoxy) is 1. The third kappa shape index (κ3) is 6.19. The monoisotopic (exact) mass is 730 g/mol. The van der Waals surface area contributed by atoms with Crippen LogP contribution in [0.4, 0.5) is 20.3 Å². The van der Waals surface area contributed by atoms with Gasteiger partial charge in [0.2, 0.25) is 11.8 Å². The van der Waals surface area contributed by atoms with Gasteiger partial charge >= 0.3 is 5.69 Å². The lowest BCUT2D eigenvalue weighted by atomic mass is 9.91. The number of benzene rings is 2. The molecule has 5 heterocycles. The summed E-state index contributed by atoms with van der Waals surface area (Å²) >= 11 is 7.03. The van der Waals surface area contributed by atoms with E-state index in [0.29, 0.717) is 22.3 Å². The SMILES string of the molecule is COc1nc(-c2cccc(-c3cccc(Nc4nc(C(F)F)nc5c4c(=O)n(C)c(=O)n5C)c3C)c2Cl)cc2c1CCC2.O=C1CCC2(CNC2)N1. The molecule has 12 nitrogen and oxygen atoms in total. The number of rotatable bonds is 6. The number of alkyl halides is 2. The van der Waals surface area contributed by atoms with Gasteiger partial charge in [-0.1, -0.05) is 41.9 Å². The average Bonchev–Trinajstić information content (AvgIpc) is 3.77. The topological polar surface area (TPSA) is 145 Å². The lowest BCUT2D eigenvalue weighted by molar-refractivity contribution is -0.120.